The normalized spacial score (nSPS) is 24.1. The second kappa shape index (κ2) is 6.46. The molecule has 2 N–H and O–H groups in total. The molecule has 3 nitrogen and oxygen atoms in total. The number of hydrogen-bond acceptors (Lipinski definition) is 2. The van der Waals surface area contributed by atoms with Crippen molar-refractivity contribution in [2.24, 2.45) is 5.73 Å². The Bertz CT molecular complexity index is 507. The molecule has 1 aliphatic rings. The minimum absolute atomic E-state index is 0.0445. The Balaban J connectivity index is 2.45. The van der Waals surface area contributed by atoms with Crippen LogP contribution in [0.5, 0.6) is 0 Å². The van der Waals surface area contributed by atoms with Crippen LogP contribution in [-0.4, -0.2) is 22.9 Å². The van der Waals surface area contributed by atoms with Crippen molar-refractivity contribution >= 4 is 33.4 Å². The van der Waals surface area contributed by atoms with Gasteiger partial charge in [-0.15, -0.1) is 0 Å². The van der Waals surface area contributed by atoms with Gasteiger partial charge in [0.05, 0.1) is 11.1 Å². The lowest BCUT2D eigenvalue weighted by Gasteiger charge is -2.37. The average molecular weight is 360 g/mol. The van der Waals surface area contributed by atoms with Crippen molar-refractivity contribution in [3.8, 4) is 0 Å². The van der Waals surface area contributed by atoms with Crippen LogP contribution < -0.4 is 5.73 Å². The molecule has 0 aromatic heterocycles. The molecule has 2 unspecified atom stereocenters. The molecule has 1 heterocycles. The van der Waals surface area contributed by atoms with Gasteiger partial charge in [0.1, 0.15) is 0 Å². The maximum Gasteiger partial charge on any atom is 0.223 e. The molecule has 2 atom stereocenters. The monoisotopic (exact) mass is 358 g/mol. The van der Waals surface area contributed by atoms with Crippen LogP contribution in [0.25, 0.3) is 0 Å². The lowest BCUT2D eigenvalue weighted by Crippen LogP contribution is -2.45. The molecule has 1 fully saturated rings. The van der Waals surface area contributed by atoms with E-state index in [9.17, 15) is 4.79 Å². The summed E-state index contributed by atoms with van der Waals surface area (Å²) in [5.41, 5.74) is 7.39. The molecule has 110 valence electrons. The summed E-state index contributed by atoms with van der Waals surface area (Å²) < 4.78 is 0.837. The first-order chi connectivity index (χ1) is 9.41. The predicted molar refractivity (Wildman–Crippen MR) is 85.7 cm³/mol. The van der Waals surface area contributed by atoms with E-state index in [4.69, 9.17) is 17.3 Å². The smallest absolute Gasteiger partial charge is 0.223 e. The maximum atomic E-state index is 12.4. The van der Waals surface area contributed by atoms with Crippen LogP contribution in [0.2, 0.25) is 5.02 Å². The predicted octanol–water partition coefficient (Wildman–Crippen LogP) is 3.89. The van der Waals surface area contributed by atoms with Gasteiger partial charge in [-0.3, -0.25) is 4.79 Å². The van der Waals surface area contributed by atoms with Gasteiger partial charge in [-0.25, -0.2) is 0 Å². The summed E-state index contributed by atoms with van der Waals surface area (Å²) in [4.78, 5) is 14.3. The van der Waals surface area contributed by atoms with Gasteiger partial charge < -0.3 is 10.6 Å². The number of benzene rings is 1. The van der Waals surface area contributed by atoms with Crippen LogP contribution in [0.4, 0.5) is 0 Å². The number of hydrogen-bond donors (Lipinski definition) is 1. The van der Waals surface area contributed by atoms with E-state index in [0.717, 1.165) is 22.9 Å². The summed E-state index contributed by atoms with van der Waals surface area (Å²) in [5.74, 6) is 0.184. The molecule has 1 amide bonds. The lowest BCUT2D eigenvalue weighted by atomic mass is 9.95. The van der Waals surface area contributed by atoms with Gasteiger partial charge in [0.25, 0.3) is 0 Å². The van der Waals surface area contributed by atoms with Crippen molar-refractivity contribution in [2.75, 3.05) is 0 Å². The van der Waals surface area contributed by atoms with Crippen LogP contribution in [0.3, 0.4) is 0 Å². The highest BCUT2D eigenvalue weighted by Gasteiger charge is 2.34. The van der Waals surface area contributed by atoms with Gasteiger partial charge >= 0.3 is 0 Å². The van der Waals surface area contributed by atoms with Gasteiger partial charge in [-0.2, -0.15) is 0 Å². The molecule has 0 bridgehead atoms. The van der Waals surface area contributed by atoms with Gasteiger partial charge in [0.15, 0.2) is 0 Å². The van der Waals surface area contributed by atoms with Crippen molar-refractivity contribution in [1.82, 2.24) is 4.90 Å². The number of carbonyl (C=O) groups excluding carboxylic acids is 1. The van der Waals surface area contributed by atoms with Gasteiger partial charge in [-0.05, 0) is 60.3 Å². The van der Waals surface area contributed by atoms with Crippen molar-refractivity contribution in [1.29, 1.82) is 0 Å². The molecular weight excluding hydrogens is 340 g/mol. The molecule has 0 spiro atoms. The van der Waals surface area contributed by atoms with E-state index in [1.807, 2.05) is 36.9 Å². The zero-order valence-electron chi connectivity index (χ0n) is 11.8. The third-order valence-corrected chi connectivity index (χ3v) is 4.98. The molecule has 0 aliphatic carbocycles. The van der Waals surface area contributed by atoms with Crippen molar-refractivity contribution in [3.63, 3.8) is 0 Å². The third kappa shape index (κ3) is 3.18. The Morgan fingerprint density at radius 2 is 2.15 bits per heavy atom. The largest absolute Gasteiger partial charge is 0.332 e. The Morgan fingerprint density at radius 3 is 2.75 bits per heavy atom. The topological polar surface area (TPSA) is 46.3 Å². The zero-order chi connectivity index (χ0) is 14.9. The molecule has 0 saturated carbocycles. The maximum absolute atomic E-state index is 12.4. The summed E-state index contributed by atoms with van der Waals surface area (Å²) in [6.45, 7) is 4.07. The summed E-state index contributed by atoms with van der Waals surface area (Å²) in [5, 5.41) is 0.665. The molecule has 2 rings (SSSR count). The quantitative estimate of drug-likeness (QED) is 0.870. The molecule has 1 aliphatic heterocycles. The summed E-state index contributed by atoms with van der Waals surface area (Å²) in [6, 6.07) is 5.79. The second-order valence-corrected chi connectivity index (χ2v) is 6.83. The third-order valence-electron chi connectivity index (χ3n) is 3.76. The molecule has 5 heteroatoms. The number of carbonyl (C=O) groups is 1. The Morgan fingerprint density at radius 1 is 1.45 bits per heavy atom. The first-order valence-corrected chi connectivity index (χ1v) is 8.10. The Hall–Kier alpha value is -0.580. The molecule has 1 saturated heterocycles. The molecular formula is C15H20BrClN2O. The highest BCUT2D eigenvalue weighted by molar-refractivity contribution is 9.10. The van der Waals surface area contributed by atoms with E-state index >= 15 is 0 Å². The van der Waals surface area contributed by atoms with Crippen molar-refractivity contribution in [3.05, 3.63) is 33.3 Å². The Kier molecular flexibility index (Phi) is 5.10. The molecule has 1 aromatic rings. The average Bonchev–Trinajstić information content (AvgIpc) is 2.52. The number of nitrogens with two attached hydrogens (primary N) is 1. The SMILES string of the molecule is CC(C)N1C(=O)CCCC(N)C1c1ccc(Cl)c(Br)c1. The fraction of sp³-hybridized carbons (Fsp3) is 0.533. The van der Waals surface area contributed by atoms with Crippen LogP contribution in [0, 0.1) is 0 Å². The van der Waals surface area contributed by atoms with E-state index in [2.05, 4.69) is 15.9 Å². The lowest BCUT2D eigenvalue weighted by molar-refractivity contribution is -0.135. The molecule has 0 radical (unpaired) electrons. The zero-order valence-corrected chi connectivity index (χ0v) is 14.1. The van der Waals surface area contributed by atoms with Crippen LogP contribution in [-0.2, 0) is 4.79 Å². The van der Waals surface area contributed by atoms with Crippen molar-refractivity contribution in [2.45, 2.75) is 51.2 Å². The fourth-order valence-corrected chi connectivity index (χ4v) is 3.36. The fourth-order valence-electron chi connectivity index (χ4n) is 2.85. The van der Waals surface area contributed by atoms with Crippen LogP contribution in [0.15, 0.2) is 22.7 Å². The number of rotatable bonds is 2. The van der Waals surface area contributed by atoms with Gasteiger partial charge in [-0.1, -0.05) is 17.7 Å². The minimum atomic E-state index is -0.0847. The summed E-state index contributed by atoms with van der Waals surface area (Å²) >= 11 is 9.51. The molecule has 20 heavy (non-hydrogen) atoms. The first-order valence-electron chi connectivity index (χ1n) is 6.93. The van der Waals surface area contributed by atoms with E-state index in [1.54, 1.807) is 0 Å². The highest BCUT2D eigenvalue weighted by atomic mass is 79.9. The number of halogens is 2. The van der Waals surface area contributed by atoms with Gasteiger partial charge in [0.2, 0.25) is 5.91 Å². The minimum Gasteiger partial charge on any atom is -0.332 e. The first kappa shape index (κ1) is 15.8. The number of likely N-dealkylation sites (tertiary alicyclic amines) is 1. The van der Waals surface area contributed by atoms with Gasteiger partial charge in [0, 0.05) is 23.0 Å². The van der Waals surface area contributed by atoms with Crippen LogP contribution in [0.1, 0.15) is 44.7 Å². The van der Waals surface area contributed by atoms with E-state index in [1.165, 1.54) is 0 Å². The number of nitrogens with zero attached hydrogens (tertiary/aromatic N) is 1. The standard InChI is InChI=1S/C15H20BrClN2O/c1-9(2)19-14(20)5-3-4-13(18)15(19)10-6-7-12(17)11(16)8-10/h6-9,13,15H,3-5,18H2,1-2H3. The van der Waals surface area contributed by atoms with E-state index in [-0.39, 0.29) is 24.0 Å². The highest BCUT2D eigenvalue weighted by Crippen LogP contribution is 2.34. The van der Waals surface area contributed by atoms with Crippen LogP contribution >= 0.6 is 27.5 Å². The second-order valence-electron chi connectivity index (χ2n) is 5.57. The Labute approximate surface area is 133 Å². The van der Waals surface area contributed by atoms with E-state index < -0.39 is 0 Å². The van der Waals surface area contributed by atoms with Crippen molar-refractivity contribution < 1.29 is 4.79 Å². The summed E-state index contributed by atoms with van der Waals surface area (Å²) in [7, 11) is 0. The molecule has 1 aromatic carbocycles. The number of amides is 1. The summed E-state index contributed by atoms with van der Waals surface area (Å²) in [6.07, 6.45) is 2.30. The van der Waals surface area contributed by atoms with E-state index in [0.29, 0.717) is 11.4 Å².